The molecule has 5 nitrogen and oxygen atoms in total. The maximum atomic E-state index is 5.93. The van der Waals surface area contributed by atoms with Gasteiger partial charge < -0.3 is 10.3 Å². The van der Waals surface area contributed by atoms with Crippen molar-refractivity contribution in [2.24, 2.45) is 0 Å². The van der Waals surface area contributed by atoms with Crippen LogP contribution in [0.15, 0.2) is 0 Å². The number of nitrogens with two attached hydrogens (primary N) is 1. The zero-order valence-corrected chi connectivity index (χ0v) is 10.7. The fourth-order valence-corrected chi connectivity index (χ4v) is 2.47. The molecule has 0 bridgehead atoms. The third-order valence-corrected chi connectivity index (χ3v) is 3.26. The Bertz CT molecular complexity index is 492. The predicted molar refractivity (Wildman–Crippen MR) is 65.4 cm³/mol. The van der Waals surface area contributed by atoms with Crippen molar-refractivity contribution in [3.05, 3.63) is 11.5 Å². The second-order valence-corrected chi connectivity index (χ2v) is 4.85. The van der Waals surface area contributed by atoms with Crippen LogP contribution in [0.25, 0.3) is 11.4 Å². The zero-order chi connectivity index (χ0) is 11.9. The molecule has 0 aliphatic rings. The van der Waals surface area contributed by atoms with Gasteiger partial charge in [-0.25, -0.2) is 0 Å². The molecule has 0 spiro atoms. The second-order valence-electron chi connectivity index (χ2n) is 4.04. The van der Waals surface area contributed by atoms with E-state index in [2.05, 4.69) is 33.0 Å². The van der Waals surface area contributed by atoms with Crippen molar-refractivity contribution in [2.45, 2.75) is 33.7 Å². The highest BCUT2D eigenvalue weighted by atomic mass is 32.1. The molecule has 2 aromatic rings. The largest absolute Gasteiger partial charge is 0.389 e. The van der Waals surface area contributed by atoms with Gasteiger partial charge in [-0.3, -0.25) is 0 Å². The van der Waals surface area contributed by atoms with Gasteiger partial charge in [-0.1, -0.05) is 0 Å². The van der Waals surface area contributed by atoms with Crippen molar-refractivity contribution in [1.82, 2.24) is 19.1 Å². The molecular formula is C10H15N5S. The molecule has 2 aromatic heterocycles. The van der Waals surface area contributed by atoms with E-state index in [0.29, 0.717) is 11.0 Å². The summed E-state index contributed by atoms with van der Waals surface area (Å²) < 4.78 is 6.31. The van der Waals surface area contributed by atoms with Crippen molar-refractivity contribution < 1.29 is 0 Å². The number of hydrogen-bond donors (Lipinski definition) is 1. The predicted octanol–water partition coefficient (Wildman–Crippen LogP) is 2.18. The molecule has 0 atom stereocenters. The lowest BCUT2D eigenvalue weighted by Crippen LogP contribution is -2.06. The molecule has 6 heteroatoms. The molecule has 0 saturated heterocycles. The lowest BCUT2D eigenvalue weighted by Gasteiger charge is -2.12. The van der Waals surface area contributed by atoms with E-state index in [0.717, 1.165) is 22.9 Å². The molecule has 0 saturated carbocycles. The molecule has 0 amide bonds. The van der Waals surface area contributed by atoms with Crippen LogP contribution in [0.3, 0.4) is 0 Å². The molecule has 0 aliphatic carbocycles. The maximum Gasteiger partial charge on any atom is 0.169 e. The van der Waals surface area contributed by atoms with E-state index >= 15 is 0 Å². The molecule has 0 unspecified atom stereocenters. The number of anilines is 1. The molecule has 0 radical (unpaired) electrons. The lowest BCUT2D eigenvalue weighted by atomic mass is 10.2. The summed E-state index contributed by atoms with van der Waals surface area (Å²) in [6.07, 6.45) is 0. The Balaban J connectivity index is 2.65. The van der Waals surface area contributed by atoms with E-state index < -0.39 is 0 Å². The van der Waals surface area contributed by atoms with Gasteiger partial charge in [0.15, 0.2) is 5.82 Å². The summed E-state index contributed by atoms with van der Waals surface area (Å²) >= 11 is 1.30. The molecule has 16 heavy (non-hydrogen) atoms. The van der Waals surface area contributed by atoms with Gasteiger partial charge in [0, 0.05) is 6.04 Å². The first-order valence-electron chi connectivity index (χ1n) is 5.16. The second kappa shape index (κ2) is 3.86. The molecule has 0 fully saturated rings. The molecule has 86 valence electrons. The number of hydrogen-bond acceptors (Lipinski definition) is 5. The van der Waals surface area contributed by atoms with E-state index in [1.54, 1.807) is 0 Å². The standard InChI is InChI=1S/C10H15N5S/c1-5(2)15-7(4)12-13-10(15)8-6(3)14-16-9(8)11/h5H,11H2,1-4H3. The van der Waals surface area contributed by atoms with E-state index in [1.165, 1.54) is 11.5 Å². The average molecular weight is 237 g/mol. The Hall–Kier alpha value is -1.43. The zero-order valence-electron chi connectivity index (χ0n) is 9.85. The Morgan fingerprint density at radius 3 is 2.44 bits per heavy atom. The van der Waals surface area contributed by atoms with Crippen molar-refractivity contribution in [2.75, 3.05) is 5.73 Å². The highest BCUT2D eigenvalue weighted by molar-refractivity contribution is 7.10. The fraction of sp³-hybridized carbons (Fsp3) is 0.500. The number of nitrogens with zero attached hydrogens (tertiary/aromatic N) is 4. The molecule has 0 aromatic carbocycles. The van der Waals surface area contributed by atoms with Crippen molar-refractivity contribution in [3.8, 4) is 11.4 Å². The summed E-state index contributed by atoms with van der Waals surface area (Å²) in [6, 6.07) is 0.309. The Morgan fingerprint density at radius 2 is 1.94 bits per heavy atom. The number of rotatable bonds is 2. The van der Waals surface area contributed by atoms with Crippen molar-refractivity contribution >= 4 is 16.5 Å². The summed E-state index contributed by atoms with van der Waals surface area (Å²) in [6.45, 7) is 8.09. The third-order valence-electron chi connectivity index (χ3n) is 2.50. The van der Waals surface area contributed by atoms with Crippen LogP contribution in [-0.2, 0) is 0 Å². The maximum absolute atomic E-state index is 5.93. The van der Waals surface area contributed by atoms with Crippen molar-refractivity contribution in [3.63, 3.8) is 0 Å². The van der Waals surface area contributed by atoms with Gasteiger partial charge in [0.05, 0.1) is 11.3 Å². The first-order valence-corrected chi connectivity index (χ1v) is 5.93. The normalized spacial score (nSPS) is 11.3. The van der Waals surface area contributed by atoms with Gasteiger partial charge in [-0.05, 0) is 39.2 Å². The summed E-state index contributed by atoms with van der Waals surface area (Å²) in [5.41, 5.74) is 7.76. The smallest absolute Gasteiger partial charge is 0.169 e. The van der Waals surface area contributed by atoms with Gasteiger partial charge >= 0.3 is 0 Å². The summed E-state index contributed by atoms with van der Waals surface area (Å²) in [5, 5.41) is 9.01. The average Bonchev–Trinajstić information content (AvgIpc) is 2.70. The van der Waals surface area contributed by atoms with Gasteiger partial charge in [0.25, 0.3) is 0 Å². The van der Waals surface area contributed by atoms with Crippen LogP contribution in [0.2, 0.25) is 0 Å². The van der Waals surface area contributed by atoms with Gasteiger partial charge in [-0.2, -0.15) is 4.37 Å². The lowest BCUT2D eigenvalue weighted by molar-refractivity contribution is 0.587. The van der Waals surface area contributed by atoms with Gasteiger partial charge in [0.1, 0.15) is 10.8 Å². The van der Waals surface area contributed by atoms with Crippen LogP contribution in [-0.4, -0.2) is 19.1 Å². The third kappa shape index (κ3) is 1.59. The Kier molecular flexibility index (Phi) is 2.67. The number of aromatic nitrogens is 4. The van der Waals surface area contributed by atoms with Crippen molar-refractivity contribution in [1.29, 1.82) is 0 Å². The Morgan fingerprint density at radius 1 is 1.25 bits per heavy atom. The van der Waals surface area contributed by atoms with Gasteiger partial charge in [-0.15, -0.1) is 10.2 Å². The van der Waals surface area contributed by atoms with E-state index in [-0.39, 0.29) is 0 Å². The van der Waals surface area contributed by atoms with Crippen LogP contribution in [0.1, 0.15) is 31.4 Å². The first-order chi connectivity index (χ1) is 7.52. The highest BCUT2D eigenvalue weighted by Crippen LogP contribution is 2.32. The SMILES string of the molecule is Cc1nsc(N)c1-c1nnc(C)n1C(C)C. The van der Waals surface area contributed by atoms with Crippen LogP contribution in [0.5, 0.6) is 0 Å². The minimum Gasteiger partial charge on any atom is -0.389 e. The number of nitrogen functional groups attached to an aromatic ring is 1. The fourth-order valence-electron chi connectivity index (χ4n) is 1.82. The molecule has 2 heterocycles. The molecular weight excluding hydrogens is 222 g/mol. The topological polar surface area (TPSA) is 69.6 Å². The van der Waals surface area contributed by atoms with Crippen LogP contribution < -0.4 is 5.73 Å². The van der Waals surface area contributed by atoms with Gasteiger partial charge in [0.2, 0.25) is 0 Å². The first kappa shape index (κ1) is 11.1. The molecule has 2 rings (SSSR count). The van der Waals surface area contributed by atoms with E-state index in [4.69, 9.17) is 5.73 Å². The monoisotopic (exact) mass is 237 g/mol. The molecule has 2 N–H and O–H groups in total. The summed E-state index contributed by atoms with van der Waals surface area (Å²) in [7, 11) is 0. The quantitative estimate of drug-likeness (QED) is 0.869. The summed E-state index contributed by atoms with van der Waals surface area (Å²) in [5.74, 6) is 1.71. The highest BCUT2D eigenvalue weighted by Gasteiger charge is 2.19. The van der Waals surface area contributed by atoms with Crippen LogP contribution in [0.4, 0.5) is 5.00 Å². The van der Waals surface area contributed by atoms with E-state index in [1.807, 2.05) is 13.8 Å². The minimum atomic E-state index is 0.309. The van der Waals surface area contributed by atoms with E-state index in [9.17, 15) is 0 Å². The molecule has 0 aliphatic heterocycles. The van der Waals surface area contributed by atoms with Crippen LogP contribution in [0, 0.1) is 13.8 Å². The summed E-state index contributed by atoms with van der Waals surface area (Å²) in [4.78, 5) is 0. The van der Waals surface area contributed by atoms with Crippen LogP contribution >= 0.6 is 11.5 Å². The number of aryl methyl sites for hydroxylation is 2. The minimum absolute atomic E-state index is 0.309. The Labute approximate surface area is 98.5 Å².